The van der Waals surface area contributed by atoms with E-state index in [0.717, 1.165) is 19.3 Å². The van der Waals surface area contributed by atoms with Gasteiger partial charge in [0.2, 0.25) is 5.91 Å². The summed E-state index contributed by atoms with van der Waals surface area (Å²) < 4.78 is 10.3. The molecule has 1 fully saturated rings. The zero-order valence-electron chi connectivity index (χ0n) is 11.6. The standard InChI is InChI=1S/C13H25NO3/c1-9(12(16-4)17-5)14-11(15)10-7-6-8-13(10,2)3/h9-10,12H,6-8H2,1-5H3,(H,14,15). The fourth-order valence-electron chi connectivity index (χ4n) is 2.71. The zero-order chi connectivity index (χ0) is 13.1. The van der Waals surface area contributed by atoms with Crippen molar-refractivity contribution in [3.63, 3.8) is 0 Å². The maximum Gasteiger partial charge on any atom is 0.224 e. The van der Waals surface area contributed by atoms with Crippen LogP contribution in [-0.2, 0) is 14.3 Å². The van der Waals surface area contributed by atoms with Crippen molar-refractivity contribution in [1.29, 1.82) is 0 Å². The summed E-state index contributed by atoms with van der Waals surface area (Å²) in [5.74, 6) is 0.235. The summed E-state index contributed by atoms with van der Waals surface area (Å²) in [6.45, 7) is 6.23. The van der Waals surface area contributed by atoms with Gasteiger partial charge in [-0.1, -0.05) is 20.3 Å². The zero-order valence-corrected chi connectivity index (χ0v) is 11.6. The van der Waals surface area contributed by atoms with Gasteiger partial charge in [-0.15, -0.1) is 0 Å². The second kappa shape index (κ2) is 5.83. The van der Waals surface area contributed by atoms with E-state index in [-0.39, 0.29) is 29.6 Å². The van der Waals surface area contributed by atoms with Crippen molar-refractivity contribution < 1.29 is 14.3 Å². The molecule has 0 heterocycles. The predicted octanol–water partition coefficient (Wildman–Crippen LogP) is 1.94. The molecule has 17 heavy (non-hydrogen) atoms. The van der Waals surface area contributed by atoms with E-state index >= 15 is 0 Å². The van der Waals surface area contributed by atoms with Crippen LogP contribution in [0.25, 0.3) is 0 Å². The second-order valence-corrected chi connectivity index (χ2v) is 5.57. The van der Waals surface area contributed by atoms with Crippen LogP contribution in [0.2, 0.25) is 0 Å². The Kier molecular flexibility index (Phi) is 4.95. The van der Waals surface area contributed by atoms with Crippen molar-refractivity contribution in [3.05, 3.63) is 0 Å². The third kappa shape index (κ3) is 3.42. The Balaban J connectivity index is 2.54. The number of hydrogen-bond donors (Lipinski definition) is 1. The fraction of sp³-hybridized carbons (Fsp3) is 0.923. The first kappa shape index (κ1) is 14.5. The number of carbonyl (C=O) groups excluding carboxylic acids is 1. The lowest BCUT2D eigenvalue weighted by molar-refractivity contribution is -0.140. The number of amides is 1. The summed E-state index contributed by atoms with van der Waals surface area (Å²) in [4.78, 5) is 12.2. The molecule has 0 aromatic heterocycles. The van der Waals surface area contributed by atoms with E-state index in [1.807, 2.05) is 6.92 Å². The van der Waals surface area contributed by atoms with Crippen molar-refractivity contribution in [2.75, 3.05) is 14.2 Å². The molecule has 2 atom stereocenters. The SMILES string of the molecule is COC(OC)C(C)NC(=O)C1CCCC1(C)C. The molecule has 0 saturated heterocycles. The first-order valence-electron chi connectivity index (χ1n) is 6.28. The van der Waals surface area contributed by atoms with E-state index in [2.05, 4.69) is 19.2 Å². The van der Waals surface area contributed by atoms with Crippen molar-refractivity contribution in [1.82, 2.24) is 5.32 Å². The molecule has 100 valence electrons. The molecule has 0 aromatic carbocycles. The van der Waals surface area contributed by atoms with Crippen molar-refractivity contribution in [2.45, 2.75) is 52.4 Å². The first-order chi connectivity index (χ1) is 7.92. The molecule has 1 rings (SSSR count). The monoisotopic (exact) mass is 243 g/mol. The van der Waals surface area contributed by atoms with Gasteiger partial charge in [-0.25, -0.2) is 0 Å². The van der Waals surface area contributed by atoms with Gasteiger partial charge in [0, 0.05) is 20.1 Å². The molecule has 1 amide bonds. The van der Waals surface area contributed by atoms with E-state index in [0.29, 0.717) is 0 Å². The van der Waals surface area contributed by atoms with Gasteiger partial charge in [0.25, 0.3) is 0 Å². The van der Waals surface area contributed by atoms with E-state index < -0.39 is 0 Å². The Morgan fingerprint density at radius 2 is 1.94 bits per heavy atom. The second-order valence-electron chi connectivity index (χ2n) is 5.57. The van der Waals surface area contributed by atoms with Crippen LogP contribution in [0, 0.1) is 11.3 Å². The summed E-state index contributed by atoms with van der Waals surface area (Å²) in [6, 6.07) is -0.131. The van der Waals surface area contributed by atoms with Crippen LogP contribution in [-0.4, -0.2) is 32.5 Å². The third-order valence-corrected chi connectivity index (χ3v) is 3.82. The van der Waals surface area contributed by atoms with E-state index in [4.69, 9.17) is 9.47 Å². The molecule has 0 aliphatic heterocycles. The minimum Gasteiger partial charge on any atom is -0.354 e. The number of rotatable bonds is 5. The summed E-state index contributed by atoms with van der Waals surface area (Å²) >= 11 is 0. The van der Waals surface area contributed by atoms with Gasteiger partial charge in [-0.2, -0.15) is 0 Å². The first-order valence-corrected chi connectivity index (χ1v) is 6.28. The molecular weight excluding hydrogens is 218 g/mol. The summed E-state index contributed by atoms with van der Waals surface area (Å²) in [5, 5.41) is 2.99. The topological polar surface area (TPSA) is 47.6 Å². The molecular formula is C13H25NO3. The minimum absolute atomic E-state index is 0.110. The van der Waals surface area contributed by atoms with Gasteiger partial charge >= 0.3 is 0 Å². The molecule has 0 radical (unpaired) electrons. The minimum atomic E-state index is -0.386. The highest BCUT2D eigenvalue weighted by Crippen LogP contribution is 2.42. The molecule has 0 aromatic rings. The van der Waals surface area contributed by atoms with Gasteiger partial charge in [-0.3, -0.25) is 4.79 Å². The van der Waals surface area contributed by atoms with Crippen molar-refractivity contribution in [2.24, 2.45) is 11.3 Å². The molecule has 4 heteroatoms. The molecule has 1 N–H and O–H groups in total. The molecule has 1 saturated carbocycles. The van der Waals surface area contributed by atoms with Crippen LogP contribution in [0.4, 0.5) is 0 Å². The normalized spacial score (nSPS) is 24.9. The Morgan fingerprint density at radius 3 is 2.35 bits per heavy atom. The van der Waals surface area contributed by atoms with Crippen LogP contribution < -0.4 is 5.32 Å². The molecule has 2 unspecified atom stereocenters. The summed E-state index contributed by atoms with van der Waals surface area (Å²) in [5.41, 5.74) is 0.111. The van der Waals surface area contributed by atoms with Crippen LogP contribution in [0.3, 0.4) is 0 Å². The average molecular weight is 243 g/mol. The van der Waals surface area contributed by atoms with Crippen LogP contribution in [0.15, 0.2) is 0 Å². The maximum absolute atomic E-state index is 12.2. The molecule has 0 bridgehead atoms. The molecule has 4 nitrogen and oxygen atoms in total. The molecule has 1 aliphatic rings. The largest absolute Gasteiger partial charge is 0.354 e. The Morgan fingerprint density at radius 1 is 1.35 bits per heavy atom. The van der Waals surface area contributed by atoms with Crippen LogP contribution >= 0.6 is 0 Å². The highest BCUT2D eigenvalue weighted by Gasteiger charge is 2.39. The molecule has 1 aliphatic carbocycles. The van der Waals surface area contributed by atoms with Gasteiger partial charge in [-0.05, 0) is 25.2 Å². The van der Waals surface area contributed by atoms with Gasteiger partial charge < -0.3 is 14.8 Å². The Labute approximate surface area is 104 Å². The van der Waals surface area contributed by atoms with Gasteiger partial charge in [0.1, 0.15) is 0 Å². The number of carbonyl (C=O) groups is 1. The number of hydrogen-bond acceptors (Lipinski definition) is 3. The lowest BCUT2D eigenvalue weighted by atomic mass is 9.81. The molecule has 0 spiro atoms. The number of ether oxygens (including phenoxy) is 2. The quantitative estimate of drug-likeness (QED) is 0.751. The lowest BCUT2D eigenvalue weighted by Crippen LogP contribution is -2.47. The Bertz CT molecular complexity index is 261. The smallest absolute Gasteiger partial charge is 0.224 e. The predicted molar refractivity (Wildman–Crippen MR) is 66.5 cm³/mol. The van der Waals surface area contributed by atoms with E-state index in [1.54, 1.807) is 14.2 Å². The van der Waals surface area contributed by atoms with Gasteiger partial charge in [0.05, 0.1) is 6.04 Å². The average Bonchev–Trinajstić information content (AvgIpc) is 2.59. The van der Waals surface area contributed by atoms with Crippen LogP contribution in [0.5, 0.6) is 0 Å². The Hall–Kier alpha value is -0.610. The van der Waals surface area contributed by atoms with Crippen LogP contribution in [0.1, 0.15) is 40.0 Å². The maximum atomic E-state index is 12.2. The van der Waals surface area contributed by atoms with E-state index in [9.17, 15) is 4.79 Å². The highest BCUT2D eigenvalue weighted by atomic mass is 16.7. The summed E-state index contributed by atoms with van der Waals surface area (Å²) in [6.07, 6.45) is 2.86. The lowest BCUT2D eigenvalue weighted by Gasteiger charge is -2.29. The van der Waals surface area contributed by atoms with Gasteiger partial charge in [0.15, 0.2) is 6.29 Å². The fourth-order valence-corrected chi connectivity index (χ4v) is 2.71. The number of nitrogens with one attached hydrogen (secondary N) is 1. The third-order valence-electron chi connectivity index (χ3n) is 3.82. The number of methoxy groups -OCH3 is 2. The van der Waals surface area contributed by atoms with Crippen molar-refractivity contribution in [3.8, 4) is 0 Å². The van der Waals surface area contributed by atoms with E-state index in [1.165, 1.54) is 0 Å². The van der Waals surface area contributed by atoms with Crippen molar-refractivity contribution >= 4 is 5.91 Å². The summed E-state index contributed by atoms with van der Waals surface area (Å²) in [7, 11) is 3.16. The highest BCUT2D eigenvalue weighted by molar-refractivity contribution is 5.80.